The van der Waals surface area contributed by atoms with Gasteiger partial charge < -0.3 is 0 Å². The molecule has 0 saturated carbocycles. The molecule has 0 bridgehead atoms. The number of aromatic nitrogens is 1. The second kappa shape index (κ2) is 4.00. The Kier molecular flexibility index (Phi) is 2.87. The molecule has 0 N–H and O–H groups in total. The Labute approximate surface area is 101 Å². The maximum atomic E-state index is 11.6. The first-order chi connectivity index (χ1) is 7.08. The quantitative estimate of drug-likeness (QED) is 0.769. The van der Waals surface area contributed by atoms with Crippen LogP contribution in [0, 0.1) is 6.92 Å². The third-order valence-electron chi connectivity index (χ3n) is 1.97. The lowest BCUT2D eigenvalue weighted by atomic mass is 10.3. The highest BCUT2D eigenvalue weighted by atomic mass is 35.5. The van der Waals surface area contributed by atoms with Gasteiger partial charge in [-0.25, -0.2) is 0 Å². The van der Waals surface area contributed by atoms with Crippen molar-refractivity contribution in [3.05, 3.63) is 49.0 Å². The number of halogens is 2. The van der Waals surface area contributed by atoms with Gasteiger partial charge in [0.25, 0.3) is 0 Å². The fourth-order valence-corrected chi connectivity index (χ4v) is 2.61. The number of thiazole rings is 1. The average Bonchev–Trinajstić information content (AvgIpc) is 2.44. The summed E-state index contributed by atoms with van der Waals surface area (Å²) >= 11 is 12.9. The molecule has 0 fully saturated rings. The van der Waals surface area contributed by atoms with E-state index in [0.717, 1.165) is 17.0 Å². The van der Waals surface area contributed by atoms with Gasteiger partial charge in [0.2, 0.25) is 0 Å². The van der Waals surface area contributed by atoms with E-state index in [1.165, 1.54) is 0 Å². The molecule has 0 aliphatic heterocycles. The van der Waals surface area contributed by atoms with Crippen molar-refractivity contribution in [3.63, 3.8) is 0 Å². The molecule has 15 heavy (non-hydrogen) atoms. The molecule has 2 aromatic rings. The lowest BCUT2D eigenvalue weighted by Gasteiger charge is -2.05. The smallest absolute Gasteiger partial charge is 0.272 e. The van der Waals surface area contributed by atoms with Gasteiger partial charge in [-0.05, 0) is 25.1 Å². The minimum atomic E-state index is -0.0363. The highest BCUT2D eigenvalue weighted by molar-refractivity contribution is 7.07. The zero-order valence-corrected chi connectivity index (χ0v) is 10.2. The van der Waals surface area contributed by atoms with Crippen molar-refractivity contribution in [2.75, 3.05) is 0 Å². The maximum absolute atomic E-state index is 11.6. The number of hydrogen-bond acceptors (Lipinski definition) is 2. The SMILES string of the molecule is Cc1csc(=O)n1-c1cc(Cl)cc(Cl)c1. The predicted molar refractivity (Wildman–Crippen MR) is 64.7 cm³/mol. The summed E-state index contributed by atoms with van der Waals surface area (Å²) in [5.41, 5.74) is 1.58. The van der Waals surface area contributed by atoms with Crippen LogP contribution in [0.2, 0.25) is 10.0 Å². The van der Waals surface area contributed by atoms with Crippen LogP contribution in [0.5, 0.6) is 0 Å². The zero-order valence-electron chi connectivity index (χ0n) is 7.83. The molecule has 1 aromatic heterocycles. The summed E-state index contributed by atoms with van der Waals surface area (Å²) in [6.07, 6.45) is 0. The molecular formula is C10H7Cl2NOS. The van der Waals surface area contributed by atoms with Gasteiger partial charge in [-0.15, -0.1) is 0 Å². The first-order valence-corrected chi connectivity index (χ1v) is 5.85. The Hall–Kier alpha value is -0.770. The number of rotatable bonds is 1. The van der Waals surface area contributed by atoms with Gasteiger partial charge in [-0.2, -0.15) is 0 Å². The molecule has 0 amide bonds. The average molecular weight is 260 g/mol. The zero-order chi connectivity index (χ0) is 11.0. The van der Waals surface area contributed by atoms with E-state index in [1.807, 2.05) is 6.92 Å². The first-order valence-electron chi connectivity index (χ1n) is 4.21. The Balaban J connectivity index is 2.69. The predicted octanol–water partition coefficient (Wildman–Crippen LogP) is 3.51. The molecule has 0 spiro atoms. The third kappa shape index (κ3) is 2.09. The van der Waals surface area contributed by atoms with E-state index in [9.17, 15) is 4.79 Å². The standard InChI is InChI=1S/C10H7Cl2NOS/c1-6-5-15-10(14)13(6)9-3-7(11)2-8(12)4-9/h2-5H,1H3. The summed E-state index contributed by atoms with van der Waals surface area (Å²) in [4.78, 5) is 11.5. The van der Waals surface area contributed by atoms with Crippen molar-refractivity contribution in [1.29, 1.82) is 0 Å². The molecule has 2 nitrogen and oxygen atoms in total. The molecule has 78 valence electrons. The monoisotopic (exact) mass is 259 g/mol. The Morgan fingerprint density at radius 2 is 1.80 bits per heavy atom. The molecule has 2 rings (SSSR count). The van der Waals surface area contributed by atoms with Crippen LogP contribution >= 0.6 is 34.5 Å². The summed E-state index contributed by atoms with van der Waals surface area (Å²) in [5, 5.41) is 2.85. The fraction of sp³-hybridized carbons (Fsp3) is 0.100. The largest absolute Gasteiger partial charge is 0.311 e. The van der Waals surface area contributed by atoms with E-state index in [4.69, 9.17) is 23.2 Å². The summed E-state index contributed by atoms with van der Waals surface area (Å²) in [7, 11) is 0. The Bertz CT molecular complexity index is 539. The van der Waals surface area contributed by atoms with E-state index in [-0.39, 0.29) is 4.87 Å². The Morgan fingerprint density at radius 1 is 1.20 bits per heavy atom. The molecule has 0 unspecified atom stereocenters. The number of hydrogen-bond donors (Lipinski definition) is 0. The van der Waals surface area contributed by atoms with Crippen molar-refractivity contribution < 1.29 is 0 Å². The van der Waals surface area contributed by atoms with Crippen LogP contribution in [0.15, 0.2) is 28.4 Å². The van der Waals surface area contributed by atoms with Crippen LogP contribution in [0.4, 0.5) is 0 Å². The second-order valence-electron chi connectivity index (χ2n) is 3.11. The molecule has 0 atom stereocenters. The molecule has 1 heterocycles. The van der Waals surface area contributed by atoms with Crippen molar-refractivity contribution in [2.45, 2.75) is 6.92 Å². The molecule has 0 aliphatic rings. The lowest BCUT2D eigenvalue weighted by molar-refractivity contribution is 0.982. The lowest BCUT2D eigenvalue weighted by Crippen LogP contribution is -2.11. The molecular weight excluding hydrogens is 253 g/mol. The van der Waals surface area contributed by atoms with Gasteiger partial charge in [-0.1, -0.05) is 34.5 Å². The summed E-state index contributed by atoms with van der Waals surface area (Å²) in [6.45, 7) is 1.87. The van der Waals surface area contributed by atoms with Crippen LogP contribution < -0.4 is 4.87 Å². The maximum Gasteiger partial charge on any atom is 0.311 e. The normalized spacial score (nSPS) is 10.6. The van der Waals surface area contributed by atoms with E-state index in [0.29, 0.717) is 15.7 Å². The topological polar surface area (TPSA) is 22.0 Å². The van der Waals surface area contributed by atoms with E-state index in [1.54, 1.807) is 28.1 Å². The van der Waals surface area contributed by atoms with Crippen molar-refractivity contribution in [3.8, 4) is 5.69 Å². The molecule has 0 saturated heterocycles. The van der Waals surface area contributed by atoms with E-state index < -0.39 is 0 Å². The highest BCUT2D eigenvalue weighted by Crippen LogP contribution is 2.22. The van der Waals surface area contributed by atoms with Gasteiger partial charge in [0.1, 0.15) is 0 Å². The van der Waals surface area contributed by atoms with Crippen LogP contribution in [0.25, 0.3) is 5.69 Å². The van der Waals surface area contributed by atoms with Crippen LogP contribution in [0.1, 0.15) is 5.69 Å². The van der Waals surface area contributed by atoms with Crippen LogP contribution in [-0.4, -0.2) is 4.57 Å². The molecule has 5 heteroatoms. The molecule has 0 aliphatic carbocycles. The third-order valence-corrected chi connectivity index (χ3v) is 3.25. The summed E-state index contributed by atoms with van der Waals surface area (Å²) in [6, 6.07) is 5.07. The van der Waals surface area contributed by atoms with Gasteiger partial charge in [0.05, 0.1) is 5.69 Å². The van der Waals surface area contributed by atoms with Crippen molar-refractivity contribution in [1.82, 2.24) is 4.57 Å². The number of benzene rings is 1. The van der Waals surface area contributed by atoms with Gasteiger partial charge in [0.15, 0.2) is 0 Å². The first kappa shape index (κ1) is 10.7. The van der Waals surface area contributed by atoms with Crippen molar-refractivity contribution >= 4 is 34.5 Å². The second-order valence-corrected chi connectivity index (χ2v) is 4.80. The van der Waals surface area contributed by atoms with Gasteiger partial charge in [-0.3, -0.25) is 9.36 Å². The van der Waals surface area contributed by atoms with Gasteiger partial charge in [0, 0.05) is 21.1 Å². The van der Waals surface area contributed by atoms with Crippen LogP contribution in [-0.2, 0) is 0 Å². The fourth-order valence-electron chi connectivity index (χ4n) is 1.36. The van der Waals surface area contributed by atoms with Crippen LogP contribution in [0.3, 0.4) is 0 Å². The van der Waals surface area contributed by atoms with E-state index in [2.05, 4.69) is 0 Å². The van der Waals surface area contributed by atoms with E-state index >= 15 is 0 Å². The van der Waals surface area contributed by atoms with Gasteiger partial charge >= 0.3 is 4.87 Å². The number of nitrogens with zero attached hydrogens (tertiary/aromatic N) is 1. The summed E-state index contributed by atoms with van der Waals surface area (Å²) < 4.78 is 1.59. The molecule has 1 aromatic carbocycles. The summed E-state index contributed by atoms with van der Waals surface area (Å²) in [5.74, 6) is 0. The minimum absolute atomic E-state index is 0.0363. The minimum Gasteiger partial charge on any atom is -0.272 e. The highest BCUT2D eigenvalue weighted by Gasteiger charge is 2.06. The Morgan fingerprint density at radius 3 is 2.27 bits per heavy atom. The van der Waals surface area contributed by atoms with Crippen molar-refractivity contribution in [2.24, 2.45) is 0 Å². The number of aryl methyl sites for hydroxylation is 1. The molecule has 0 radical (unpaired) electrons.